The van der Waals surface area contributed by atoms with E-state index in [9.17, 15) is 9.59 Å². The summed E-state index contributed by atoms with van der Waals surface area (Å²) in [7, 11) is 0. The molecule has 1 aromatic heterocycles. The molecular weight excluding hydrogens is 248 g/mol. The molecule has 1 aliphatic rings. The molecule has 0 aliphatic carbocycles. The van der Waals surface area contributed by atoms with Gasteiger partial charge in [-0.25, -0.2) is 0 Å². The molecule has 18 heavy (non-hydrogen) atoms. The number of nitrogens with zero attached hydrogens (tertiary/aromatic N) is 1. The summed E-state index contributed by atoms with van der Waals surface area (Å²) in [5.74, 6) is -0.0790. The Morgan fingerprint density at radius 2 is 2.33 bits per heavy atom. The van der Waals surface area contributed by atoms with E-state index in [2.05, 4.69) is 12.2 Å². The molecule has 4 nitrogen and oxygen atoms in total. The van der Waals surface area contributed by atoms with Crippen molar-refractivity contribution in [1.29, 1.82) is 0 Å². The van der Waals surface area contributed by atoms with Crippen LogP contribution >= 0.6 is 11.3 Å². The Hall–Kier alpha value is -1.36. The Morgan fingerprint density at radius 1 is 1.56 bits per heavy atom. The molecule has 1 aromatic rings. The predicted octanol–water partition coefficient (Wildman–Crippen LogP) is 1.58. The van der Waals surface area contributed by atoms with Crippen LogP contribution in [0.3, 0.4) is 0 Å². The van der Waals surface area contributed by atoms with Crippen LogP contribution in [0.5, 0.6) is 0 Å². The first-order chi connectivity index (χ1) is 8.61. The second kappa shape index (κ2) is 5.52. The van der Waals surface area contributed by atoms with Gasteiger partial charge in [0.05, 0.1) is 11.4 Å². The van der Waals surface area contributed by atoms with Gasteiger partial charge in [0.2, 0.25) is 5.91 Å². The summed E-state index contributed by atoms with van der Waals surface area (Å²) < 4.78 is 0. The molecule has 0 bridgehead atoms. The fourth-order valence-electron chi connectivity index (χ4n) is 2.11. The maximum absolute atomic E-state index is 12.3. The Balaban J connectivity index is 2.16. The van der Waals surface area contributed by atoms with Gasteiger partial charge in [0.1, 0.15) is 0 Å². The minimum Gasteiger partial charge on any atom is -0.354 e. The first kappa shape index (κ1) is 13.1. The van der Waals surface area contributed by atoms with Crippen LogP contribution in [-0.2, 0) is 11.2 Å². The molecule has 0 aromatic carbocycles. The van der Waals surface area contributed by atoms with Crippen molar-refractivity contribution in [3.05, 3.63) is 21.4 Å². The Bertz CT molecular complexity index is 468. The third-order valence-electron chi connectivity index (χ3n) is 3.10. The summed E-state index contributed by atoms with van der Waals surface area (Å²) in [4.78, 5) is 27.4. The summed E-state index contributed by atoms with van der Waals surface area (Å²) in [6.07, 6.45) is 1.77. The fourth-order valence-corrected chi connectivity index (χ4v) is 3.19. The number of nitrogens with one attached hydrogen (secondary N) is 1. The highest BCUT2D eigenvalue weighted by atomic mass is 32.1. The van der Waals surface area contributed by atoms with Crippen LogP contribution in [0.25, 0.3) is 0 Å². The second-order valence-electron chi connectivity index (χ2n) is 4.50. The van der Waals surface area contributed by atoms with Gasteiger partial charge in [0, 0.05) is 18.0 Å². The van der Waals surface area contributed by atoms with Gasteiger partial charge in [-0.05, 0) is 31.4 Å². The van der Waals surface area contributed by atoms with E-state index >= 15 is 0 Å². The number of thiophene rings is 1. The lowest BCUT2D eigenvalue weighted by molar-refractivity contribution is -0.121. The Morgan fingerprint density at radius 3 is 3.00 bits per heavy atom. The molecule has 1 N–H and O–H groups in total. The number of hydrogen-bond donors (Lipinski definition) is 1. The number of hydrogen-bond acceptors (Lipinski definition) is 3. The van der Waals surface area contributed by atoms with Crippen LogP contribution in [0.2, 0.25) is 0 Å². The van der Waals surface area contributed by atoms with Gasteiger partial charge in [-0.2, -0.15) is 0 Å². The van der Waals surface area contributed by atoms with Crippen molar-refractivity contribution in [2.45, 2.75) is 26.7 Å². The molecule has 1 aliphatic heterocycles. The molecule has 2 amide bonds. The SMILES string of the molecule is CCc1sc(C(=O)N2CCCNC(=O)C2)cc1C. The van der Waals surface area contributed by atoms with Gasteiger partial charge in [-0.1, -0.05) is 6.92 Å². The van der Waals surface area contributed by atoms with E-state index < -0.39 is 0 Å². The summed E-state index contributed by atoms with van der Waals surface area (Å²) >= 11 is 1.55. The van der Waals surface area contributed by atoms with Crippen LogP contribution in [-0.4, -0.2) is 36.3 Å². The number of aryl methyl sites for hydroxylation is 2. The van der Waals surface area contributed by atoms with E-state index in [1.54, 1.807) is 16.2 Å². The van der Waals surface area contributed by atoms with Gasteiger partial charge in [0.25, 0.3) is 5.91 Å². The van der Waals surface area contributed by atoms with E-state index in [1.165, 1.54) is 10.4 Å². The van der Waals surface area contributed by atoms with Crippen molar-refractivity contribution >= 4 is 23.2 Å². The molecule has 2 heterocycles. The number of rotatable bonds is 2. The Labute approximate surface area is 111 Å². The Kier molecular flexibility index (Phi) is 4.01. The molecule has 5 heteroatoms. The lowest BCUT2D eigenvalue weighted by Gasteiger charge is -2.17. The number of carbonyl (C=O) groups is 2. The third kappa shape index (κ3) is 2.72. The van der Waals surface area contributed by atoms with Crippen molar-refractivity contribution in [1.82, 2.24) is 10.2 Å². The molecule has 0 radical (unpaired) electrons. The summed E-state index contributed by atoms with van der Waals surface area (Å²) in [5, 5.41) is 2.78. The van der Waals surface area contributed by atoms with Crippen molar-refractivity contribution in [3.63, 3.8) is 0 Å². The molecular formula is C13H18N2O2S. The van der Waals surface area contributed by atoms with E-state index in [0.29, 0.717) is 13.1 Å². The highest BCUT2D eigenvalue weighted by Gasteiger charge is 2.22. The van der Waals surface area contributed by atoms with Crippen LogP contribution in [0.4, 0.5) is 0 Å². The van der Waals surface area contributed by atoms with Crippen LogP contribution in [0, 0.1) is 6.92 Å². The lowest BCUT2D eigenvalue weighted by atomic mass is 10.2. The van der Waals surface area contributed by atoms with Gasteiger partial charge in [-0.3, -0.25) is 9.59 Å². The van der Waals surface area contributed by atoms with Crippen molar-refractivity contribution in [2.24, 2.45) is 0 Å². The van der Waals surface area contributed by atoms with Crippen molar-refractivity contribution in [3.8, 4) is 0 Å². The fraction of sp³-hybridized carbons (Fsp3) is 0.538. The van der Waals surface area contributed by atoms with E-state index in [0.717, 1.165) is 17.7 Å². The smallest absolute Gasteiger partial charge is 0.264 e. The predicted molar refractivity (Wildman–Crippen MR) is 72.0 cm³/mol. The van der Waals surface area contributed by atoms with Crippen LogP contribution in [0.15, 0.2) is 6.07 Å². The lowest BCUT2D eigenvalue weighted by Crippen LogP contribution is -2.37. The third-order valence-corrected chi connectivity index (χ3v) is 4.47. The standard InChI is InChI=1S/C13H18N2O2S/c1-3-10-9(2)7-11(18-10)13(17)15-6-4-5-14-12(16)8-15/h7H,3-6,8H2,1-2H3,(H,14,16). The quantitative estimate of drug-likeness (QED) is 0.883. The summed E-state index contributed by atoms with van der Waals surface area (Å²) in [6, 6.07) is 1.94. The zero-order valence-corrected chi connectivity index (χ0v) is 11.6. The van der Waals surface area contributed by atoms with E-state index in [-0.39, 0.29) is 18.4 Å². The maximum atomic E-state index is 12.3. The molecule has 0 unspecified atom stereocenters. The summed E-state index contributed by atoms with van der Waals surface area (Å²) in [6.45, 7) is 5.60. The average Bonchev–Trinajstić information content (AvgIpc) is 2.59. The largest absolute Gasteiger partial charge is 0.354 e. The van der Waals surface area contributed by atoms with Gasteiger partial charge in [-0.15, -0.1) is 11.3 Å². The second-order valence-corrected chi connectivity index (χ2v) is 5.64. The molecule has 1 saturated heterocycles. The highest BCUT2D eigenvalue weighted by molar-refractivity contribution is 7.14. The normalized spacial score (nSPS) is 16.3. The number of amides is 2. The zero-order chi connectivity index (χ0) is 13.1. The topological polar surface area (TPSA) is 49.4 Å². The van der Waals surface area contributed by atoms with Crippen LogP contribution < -0.4 is 5.32 Å². The van der Waals surface area contributed by atoms with E-state index in [1.807, 2.05) is 13.0 Å². The highest BCUT2D eigenvalue weighted by Crippen LogP contribution is 2.23. The zero-order valence-electron chi connectivity index (χ0n) is 10.8. The average molecular weight is 266 g/mol. The molecule has 0 spiro atoms. The maximum Gasteiger partial charge on any atom is 0.264 e. The molecule has 0 atom stereocenters. The van der Waals surface area contributed by atoms with Crippen molar-refractivity contribution in [2.75, 3.05) is 19.6 Å². The minimum atomic E-state index is -0.0650. The summed E-state index contributed by atoms with van der Waals surface area (Å²) in [5.41, 5.74) is 1.17. The molecule has 98 valence electrons. The van der Waals surface area contributed by atoms with Gasteiger partial charge < -0.3 is 10.2 Å². The molecule has 2 rings (SSSR count). The first-order valence-corrected chi connectivity index (χ1v) is 7.08. The monoisotopic (exact) mass is 266 g/mol. The molecule has 1 fully saturated rings. The number of carbonyl (C=O) groups excluding carboxylic acids is 2. The first-order valence-electron chi connectivity index (χ1n) is 6.27. The van der Waals surface area contributed by atoms with Crippen molar-refractivity contribution < 1.29 is 9.59 Å². The van der Waals surface area contributed by atoms with E-state index in [4.69, 9.17) is 0 Å². The van der Waals surface area contributed by atoms with Crippen LogP contribution in [0.1, 0.15) is 33.5 Å². The minimum absolute atomic E-state index is 0.0140. The van der Waals surface area contributed by atoms with Gasteiger partial charge >= 0.3 is 0 Å². The molecule has 0 saturated carbocycles. The van der Waals surface area contributed by atoms with Gasteiger partial charge in [0.15, 0.2) is 0 Å².